The summed E-state index contributed by atoms with van der Waals surface area (Å²) in [5, 5.41) is 4.67. The monoisotopic (exact) mass is 340 g/mol. The van der Waals surface area contributed by atoms with Crippen LogP contribution < -0.4 is 0 Å². The van der Waals surface area contributed by atoms with Gasteiger partial charge in [-0.05, 0) is 13.8 Å². The second-order valence-corrected chi connectivity index (χ2v) is 6.17. The van der Waals surface area contributed by atoms with Crippen LogP contribution >= 0.6 is 0 Å². The Morgan fingerprint density at radius 3 is 2.96 bits per heavy atom. The fraction of sp³-hybridized carbons (Fsp3) is 0.412. The van der Waals surface area contributed by atoms with Crippen molar-refractivity contribution in [1.82, 2.24) is 29.2 Å². The third kappa shape index (κ3) is 2.84. The molecule has 0 N–H and O–H groups in total. The van der Waals surface area contributed by atoms with Crippen molar-refractivity contribution in [1.29, 1.82) is 0 Å². The number of nitrogens with zero attached hydrogens (tertiary/aromatic N) is 6. The van der Waals surface area contributed by atoms with Gasteiger partial charge in [0.15, 0.2) is 5.69 Å². The second-order valence-electron chi connectivity index (χ2n) is 6.17. The number of oxazole rings is 1. The Morgan fingerprint density at radius 1 is 1.40 bits per heavy atom. The van der Waals surface area contributed by atoms with Crippen LogP contribution in [-0.4, -0.2) is 41.7 Å². The number of carbonyl (C=O) groups excluding carboxylic acids is 1. The molecule has 1 aliphatic rings. The zero-order valence-corrected chi connectivity index (χ0v) is 14.3. The summed E-state index contributed by atoms with van der Waals surface area (Å²) in [6, 6.07) is 0. The maximum absolute atomic E-state index is 12.6. The number of imidazole rings is 1. The molecule has 1 aliphatic heterocycles. The predicted molar refractivity (Wildman–Crippen MR) is 89.5 cm³/mol. The zero-order chi connectivity index (χ0) is 17.4. The van der Waals surface area contributed by atoms with Gasteiger partial charge in [-0.3, -0.25) is 9.48 Å². The van der Waals surface area contributed by atoms with E-state index in [1.807, 2.05) is 16.5 Å². The van der Waals surface area contributed by atoms with Crippen molar-refractivity contribution in [3.63, 3.8) is 0 Å². The molecular formula is C17H20N6O2. The Hall–Kier alpha value is -2.90. The minimum Gasteiger partial charge on any atom is -0.440 e. The Balaban J connectivity index is 1.63. The molecule has 0 unspecified atom stereocenters. The molecule has 3 aromatic rings. The number of aromatic nitrogens is 5. The van der Waals surface area contributed by atoms with Gasteiger partial charge in [0.25, 0.3) is 0 Å². The summed E-state index contributed by atoms with van der Waals surface area (Å²) in [5.41, 5.74) is 2.94. The van der Waals surface area contributed by atoms with Crippen LogP contribution in [0.3, 0.4) is 0 Å². The molecule has 4 heterocycles. The molecule has 0 spiro atoms. The Labute approximate surface area is 145 Å². The number of rotatable bonds is 4. The van der Waals surface area contributed by atoms with E-state index >= 15 is 0 Å². The molecule has 4 rings (SSSR count). The van der Waals surface area contributed by atoms with Crippen LogP contribution in [0, 0.1) is 6.92 Å². The first-order valence-corrected chi connectivity index (χ1v) is 8.40. The largest absolute Gasteiger partial charge is 0.440 e. The minimum atomic E-state index is 0.0717. The molecule has 0 aromatic carbocycles. The van der Waals surface area contributed by atoms with Crippen molar-refractivity contribution in [2.45, 2.75) is 39.9 Å². The molecule has 1 amide bonds. The molecule has 0 saturated carbocycles. The van der Waals surface area contributed by atoms with Gasteiger partial charge in [0.05, 0.1) is 12.5 Å². The van der Waals surface area contributed by atoms with Crippen molar-refractivity contribution in [2.75, 3.05) is 6.54 Å². The topological polar surface area (TPSA) is 82.0 Å². The number of amides is 1. The van der Waals surface area contributed by atoms with Crippen molar-refractivity contribution in [3.05, 3.63) is 41.9 Å². The van der Waals surface area contributed by atoms with Gasteiger partial charge >= 0.3 is 0 Å². The van der Waals surface area contributed by atoms with Gasteiger partial charge in [-0.1, -0.05) is 0 Å². The highest BCUT2D eigenvalue weighted by molar-refractivity contribution is 5.76. The van der Waals surface area contributed by atoms with E-state index < -0.39 is 0 Å². The predicted octanol–water partition coefficient (Wildman–Crippen LogP) is 1.65. The van der Waals surface area contributed by atoms with Gasteiger partial charge < -0.3 is 13.9 Å². The van der Waals surface area contributed by atoms with Crippen molar-refractivity contribution >= 4 is 5.91 Å². The third-order valence-electron chi connectivity index (χ3n) is 4.49. The normalized spacial score (nSPS) is 13.9. The van der Waals surface area contributed by atoms with Crippen LogP contribution in [0.15, 0.2) is 29.3 Å². The summed E-state index contributed by atoms with van der Waals surface area (Å²) in [6.45, 7) is 6.22. The van der Waals surface area contributed by atoms with Crippen molar-refractivity contribution in [2.24, 2.45) is 0 Å². The summed E-state index contributed by atoms with van der Waals surface area (Å²) >= 11 is 0. The van der Waals surface area contributed by atoms with E-state index in [-0.39, 0.29) is 5.91 Å². The van der Waals surface area contributed by atoms with Crippen LogP contribution in [0.25, 0.3) is 11.6 Å². The third-order valence-corrected chi connectivity index (χ3v) is 4.49. The quantitative estimate of drug-likeness (QED) is 0.721. The lowest BCUT2D eigenvalue weighted by Crippen LogP contribution is -2.38. The molecular weight excluding hydrogens is 320 g/mol. The maximum atomic E-state index is 12.6. The van der Waals surface area contributed by atoms with Gasteiger partial charge in [0.2, 0.25) is 11.8 Å². The highest BCUT2D eigenvalue weighted by Crippen LogP contribution is 2.30. The van der Waals surface area contributed by atoms with Crippen LogP contribution in [0.1, 0.15) is 23.9 Å². The van der Waals surface area contributed by atoms with E-state index in [0.717, 1.165) is 30.0 Å². The second kappa shape index (κ2) is 6.19. The Bertz CT molecular complexity index is 893. The number of hydrogen-bond acceptors (Lipinski definition) is 5. The smallest absolute Gasteiger partial charge is 0.247 e. The summed E-state index contributed by atoms with van der Waals surface area (Å²) in [4.78, 5) is 22.8. The van der Waals surface area contributed by atoms with Gasteiger partial charge in [0.1, 0.15) is 12.3 Å². The van der Waals surface area contributed by atoms with Crippen molar-refractivity contribution in [3.8, 4) is 11.6 Å². The van der Waals surface area contributed by atoms with E-state index in [4.69, 9.17) is 4.42 Å². The van der Waals surface area contributed by atoms with Gasteiger partial charge in [-0.2, -0.15) is 5.10 Å². The first-order valence-electron chi connectivity index (χ1n) is 8.40. The van der Waals surface area contributed by atoms with Crippen LogP contribution in [-0.2, 0) is 30.8 Å². The molecule has 8 nitrogen and oxygen atoms in total. The molecule has 0 aliphatic carbocycles. The van der Waals surface area contributed by atoms with E-state index in [1.54, 1.807) is 29.5 Å². The fourth-order valence-corrected chi connectivity index (χ4v) is 3.24. The summed E-state index contributed by atoms with van der Waals surface area (Å²) in [7, 11) is 0. The summed E-state index contributed by atoms with van der Waals surface area (Å²) in [5.74, 6) is 1.34. The lowest BCUT2D eigenvalue weighted by Gasteiger charge is -2.28. The van der Waals surface area contributed by atoms with E-state index in [0.29, 0.717) is 25.5 Å². The summed E-state index contributed by atoms with van der Waals surface area (Å²) < 4.78 is 9.44. The van der Waals surface area contributed by atoms with Gasteiger partial charge in [-0.15, -0.1) is 0 Å². The molecule has 0 saturated heterocycles. The molecule has 0 radical (unpaired) electrons. The highest BCUT2D eigenvalue weighted by Gasteiger charge is 2.29. The standard InChI is InChI=1S/C17H20N6O2/c1-3-23-14-4-6-22(15(24)10-21-7-5-18-11-21)9-13(14)16(20-23)17-19-8-12(2)25-17/h5,7-8,11H,3-4,6,9-10H2,1-2H3. The van der Waals surface area contributed by atoms with E-state index in [9.17, 15) is 4.79 Å². The molecule has 0 atom stereocenters. The maximum Gasteiger partial charge on any atom is 0.247 e. The van der Waals surface area contributed by atoms with Gasteiger partial charge in [0, 0.05) is 49.7 Å². The molecule has 25 heavy (non-hydrogen) atoms. The summed E-state index contributed by atoms with van der Waals surface area (Å²) in [6.07, 6.45) is 7.60. The number of hydrogen-bond donors (Lipinski definition) is 0. The zero-order valence-electron chi connectivity index (χ0n) is 14.3. The minimum absolute atomic E-state index is 0.0717. The number of fused-ring (bicyclic) bond motifs is 1. The van der Waals surface area contributed by atoms with Crippen LogP contribution in [0.5, 0.6) is 0 Å². The average molecular weight is 340 g/mol. The number of aryl methyl sites for hydroxylation is 2. The SMILES string of the molecule is CCn1nc(-c2ncc(C)o2)c2c1CCN(C(=O)Cn1ccnc1)C2. The van der Waals surface area contributed by atoms with Crippen LogP contribution in [0.4, 0.5) is 0 Å². The molecule has 0 fully saturated rings. The van der Waals surface area contributed by atoms with E-state index in [2.05, 4.69) is 22.0 Å². The fourth-order valence-electron chi connectivity index (χ4n) is 3.24. The van der Waals surface area contributed by atoms with E-state index in [1.165, 1.54) is 5.69 Å². The lowest BCUT2D eigenvalue weighted by molar-refractivity contribution is -0.132. The molecule has 8 heteroatoms. The highest BCUT2D eigenvalue weighted by atomic mass is 16.4. The first kappa shape index (κ1) is 15.6. The number of carbonyl (C=O) groups is 1. The molecule has 3 aromatic heterocycles. The Kier molecular flexibility index (Phi) is 3.87. The average Bonchev–Trinajstić information content (AvgIpc) is 3.33. The van der Waals surface area contributed by atoms with Crippen LogP contribution in [0.2, 0.25) is 0 Å². The first-order chi connectivity index (χ1) is 12.2. The molecule has 130 valence electrons. The lowest BCUT2D eigenvalue weighted by atomic mass is 10.0. The van der Waals surface area contributed by atoms with Crippen molar-refractivity contribution < 1.29 is 9.21 Å². The molecule has 0 bridgehead atoms. The van der Waals surface area contributed by atoms with Gasteiger partial charge in [-0.25, -0.2) is 9.97 Å². The Morgan fingerprint density at radius 2 is 2.28 bits per heavy atom.